The Morgan fingerprint density at radius 1 is 1.50 bits per heavy atom. The van der Waals surface area contributed by atoms with Gasteiger partial charge in [0, 0.05) is 0 Å². The maximum absolute atomic E-state index is 5.97. The summed E-state index contributed by atoms with van der Waals surface area (Å²) in [6.45, 7) is 0.300. The Hall–Kier alpha value is -1.19. The lowest BCUT2D eigenvalue weighted by Crippen LogP contribution is -1.96. The first-order valence-corrected chi connectivity index (χ1v) is 4.59. The van der Waals surface area contributed by atoms with Gasteiger partial charge in [-0.3, -0.25) is 0 Å². The molecule has 2 rings (SSSR count). The van der Waals surface area contributed by atoms with E-state index in [1.807, 2.05) is 12.1 Å². The van der Waals surface area contributed by atoms with Crippen molar-refractivity contribution in [1.82, 2.24) is 0 Å². The van der Waals surface area contributed by atoms with E-state index < -0.39 is 0 Å². The number of furan rings is 1. The Morgan fingerprint density at radius 3 is 2.93 bits per heavy atom. The van der Waals surface area contributed by atoms with Crippen molar-refractivity contribution in [2.24, 2.45) is 5.73 Å². The minimum atomic E-state index is 0.300. The summed E-state index contributed by atoms with van der Waals surface area (Å²) in [5.41, 5.74) is 6.15. The fourth-order valence-electron chi connectivity index (χ4n) is 1.47. The molecule has 2 aromatic rings. The Labute approximate surface area is 86.4 Å². The third kappa shape index (κ3) is 1.25. The number of halogens is 1. The summed E-state index contributed by atoms with van der Waals surface area (Å²) < 4.78 is 10.7. The van der Waals surface area contributed by atoms with E-state index in [2.05, 4.69) is 0 Å². The van der Waals surface area contributed by atoms with Crippen LogP contribution >= 0.6 is 11.6 Å². The Bertz CT molecular complexity index is 464. The van der Waals surface area contributed by atoms with Gasteiger partial charge in [-0.05, 0) is 12.1 Å². The highest BCUT2D eigenvalue weighted by molar-refractivity contribution is 6.35. The fourth-order valence-corrected chi connectivity index (χ4v) is 1.68. The molecule has 0 amide bonds. The van der Waals surface area contributed by atoms with E-state index in [1.54, 1.807) is 13.2 Å². The maximum atomic E-state index is 5.97. The van der Waals surface area contributed by atoms with Crippen molar-refractivity contribution in [1.29, 1.82) is 0 Å². The molecular weight excluding hydrogens is 202 g/mol. The molecule has 1 aromatic heterocycles. The van der Waals surface area contributed by atoms with Crippen molar-refractivity contribution in [2.75, 3.05) is 7.11 Å². The van der Waals surface area contributed by atoms with Crippen LogP contribution < -0.4 is 10.5 Å². The van der Waals surface area contributed by atoms with Gasteiger partial charge in [-0.25, -0.2) is 0 Å². The van der Waals surface area contributed by atoms with Crippen LogP contribution in [0.2, 0.25) is 5.02 Å². The summed E-state index contributed by atoms with van der Waals surface area (Å²) in [5, 5.41) is 1.43. The molecule has 0 spiro atoms. The minimum Gasteiger partial charge on any atom is -0.492 e. The predicted octanol–water partition coefficient (Wildman–Crippen LogP) is 2.55. The lowest BCUT2D eigenvalue weighted by Gasteiger charge is -1.97. The second-order valence-corrected chi connectivity index (χ2v) is 3.29. The van der Waals surface area contributed by atoms with Gasteiger partial charge in [0.15, 0.2) is 17.1 Å². The van der Waals surface area contributed by atoms with E-state index in [0.29, 0.717) is 28.7 Å². The standard InChI is InChI=1S/C10H10ClNO2/c1-13-10-6-3-2-4-7(11)9(6)14-8(10)5-12/h2-4H,5,12H2,1H3. The first-order valence-electron chi connectivity index (χ1n) is 4.22. The maximum Gasteiger partial charge on any atom is 0.169 e. The quantitative estimate of drug-likeness (QED) is 0.831. The second kappa shape index (κ2) is 3.52. The molecule has 0 fully saturated rings. The SMILES string of the molecule is COc1c(CN)oc2c(Cl)cccc12. The van der Waals surface area contributed by atoms with Gasteiger partial charge in [0.25, 0.3) is 0 Å². The highest BCUT2D eigenvalue weighted by atomic mass is 35.5. The van der Waals surface area contributed by atoms with Gasteiger partial charge < -0.3 is 14.9 Å². The van der Waals surface area contributed by atoms with Crippen LogP contribution in [0.3, 0.4) is 0 Å². The zero-order chi connectivity index (χ0) is 10.1. The zero-order valence-corrected chi connectivity index (χ0v) is 8.47. The van der Waals surface area contributed by atoms with Crippen molar-refractivity contribution in [2.45, 2.75) is 6.54 Å². The summed E-state index contributed by atoms with van der Waals surface area (Å²) in [6, 6.07) is 5.51. The van der Waals surface area contributed by atoms with Gasteiger partial charge in [-0.1, -0.05) is 17.7 Å². The van der Waals surface area contributed by atoms with Crippen LogP contribution in [-0.2, 0) is 6.54 Å². The average molecular weight is 212 g/mol. The van der Waals surface area contributed by atoms with Crippen LogP contribution in [0, 0.1) is 0 Å². The molecule has 0 unspecified atom stereocenters. The molecule has 1 heterocycles. The third-order valence-electron chi connectivity index (χ3n) is 2.08. The van der Waals surface area contributed by atoms with E-state index in [4.69, 9.17) is 26.5 Å². The molecule has 3 nitrogen and oxygen atoms in total. The number of para-hydroxylation sites is 1. The first kappa shape index (κ1) is 9.37. The molecule has 0 aliphatic rings. The normalized spacial score (nSPS) is 10.8. The summed E-state index contributed by atoms with van der Waals surface area (Å²) in [7, 11) is 1.59. The molecule has 0 radical (unpaired) electrons. The number of rotatable bonds is 2. The highest BCUT2D eigenvalue weighted by Crippen LogP contribution is 2.36. The smallest absolute Gasteiger partial charge is 0.169 e. The Morgan fingerprint density at radius 2 is 2.29 bits per heavy atom. The van der Waals surface area contributed by atoms with Crippen molar-refractivity contribution in [3.05, 3.63) is 29.0 Å². The van der Waals surface area contributed by atoms with Crippen LogP contribution in [0.15, 0.2) is 22.6 Å². The van der Waals surface area contributed by atoms with Crippen LogP contribution in [0.4, 0.5) is 0 Å². The van der Waals surface area contributed by atoms with Crippen LogP contribution in [0.5, 0.6) is 5.75 Å². The number of ether oxygens (including phenoxy) is 1. The molecule has 0 saturated carbocycles. The Kier molecular flexibility index (Phi) is 2.35. The van der Waals surface area contributed by atoms with E-state index >= 15 is 0 Å². The predicted molar refractivity (Wildman–Crippen MR) is 55.7 cm³/mol. The monoisotopic (exact) mass is 211 g/mol. The summed E-state index contributed by atoms with van der Waals surface area (Å²) >= 11 is 5.97. The number of nitrogens with two attached hydrogens (primary N) is 1. The molecule has 0 bridgehead atoms. The Balaban J connectivity index is 2.79. The second-order valence-electron chi connectivity index (χ2n) is 2.88. The molecular formula is C10H10ClNO2. The van der Waals surface area contributed by atoms with Gasteiger partial charge >= 0.3 is 0 Å². The lowest BCUT2D eigenvalue weighted by molar-refractivity contribution is 0.397. The number of methoxy groups -OCH3 is 1. The largest absolute Gasteiger partial charge is 0.492 e. The summed E-state index contributed by atoms with van der Waals surface area (Å²) in [6.07, 6.45) is 0. The van der Waals surface area contributed by atoms with Crippen LogP contribution in [0.1, 0.15) is 5.76 Å². The number of benzene rings is 1. The lowest BCUT2D eigenvalue weighted by atomic mass is 10.2. The van der Waals surface area contributed by atoms with Crippen molar-refractivity contribution in [3.63, 3.8) is 0 Å². The third-order valence-corrected chi connectivity index (χ3v) is 2.38. The number of fused-ring (bicyclic) bond motifs is 1. The average Bonchev–Trinajstić information content (AvgIpc) is 2.57. The number of hydrogen-bond acceptors (Lipinski definition) is 3. The number of hydrogen-bond donors (Lipinski definition) is 1. The highest BCUT2D eigenvalue weighted by Gasteiger charge is 2.14. The van der Waals surface area contributed by atoms with Crippen LogP contribution in [-0.4, -0.2) is 7.11 Å². The fraction of sp³-hybridized carbons (Fsp3) is 0.200. The van der Waals surface area contributed by atoms with Crippen molar-refractivity contribution < 1.29 is 9.15 Å². The molecule has 0 aliphatic carbocycles. The van der Waals surface area contributed by atoms with E-state index in [9.17, 15) is 0 Å². The van der Waals surface area contributed by atoms with Gasteiger partial charge in [0.1, 0.15) is 0 Å². The van der Waals surface area contributed by atoms with Gasteiger partial charge in [0.05, 0.1) is 24.1 Å². The van der Waals surface area contributed by atoms with Gasteiger partial charge in [0.2, 0.25) is 0 Å². The van der Waals surface area contributed by atoms with E-state index in [-0.39, 0.29) is 0 Å². The molecule has 0 aliphatic heterocycles. The van der Waals surface area contributed by atoms with Crippen LogP contribution in [0.25, 0.3) is 11.0 Å². The van der Waals surface area contributed by atoms with Crippen molar-refractivity contribution in [3.8, 4) is 5.75 Å². The molecule has 0 atom stereocenters. The topological polar surface area (TPSA) is 48.4 Å². The minimum absolute atomic E-state index is 0.300. The van der Waals surface area contributed by atoms with E-state index in [0.717, 1.165) is 5.39 Å². The van der Waals surface area contributed by atoms with Gasteiger partial charge in [-0.2, -0.15) is 0 Å². The molecule has 74 valence electrons. The summed E-state index contributed by atoms with van der Waals surface area (Å²) in [5.74, 6) is 1.29. The van der Waals surface area contributed by atoms with Crippen molar-refractivity contribution >= 4 is 22.6 Å². The van der Waals surface area contributed by atoms with E-state index in [1.165, 1.54) is 0 Å². The van der Waals surface area contributed by atoms with Gasteiger partial charge in [-0.15, -0.1) is 0 Å². The molecule has 2 N–H and O–H groups in total. The first-order chi connectivity index (χ1) is 6.77. The zero-order valence-electron chi connectivity index (χ0n) is 7.71. The molecule has 0 saturated heterocycles. The molecule has 4 heteroatoms. The summed E-state index contributed by atoms with van der Waals surface area (Å²) in [4.78, 5) is 0. The molecule has 14 heavy (non-hydrogen) atoms. The molecule has 1 aromatic carbocycles.